The number of para-hydroxylation sites is 1. The van der Waals surface area contributed by atoms with Crippen LogP contribution in [-0.2, 0) is 0 Å². The van der Waals surface area contributed by atoms with Crippen LogP contribution in [0.3, 0.4) is 0 Å². The molecule has 0 heterocycles. The molecular formula is C14H22N2. The molecule has 0 aromatic heterocycles. The zero-order chi connectivity index (χ0) is 11.6. The molecule has 16 heavy (non-hydrogen) atoms. The van der Waals surface area contributed by atoms with E-state index in [1.807, 2.05) is 6.08 Å². The molecule has 1 aromatic rings. The summed E-state index contributed by atoms with van der Waals surface area (Å²) < 4.78 is 0. The molecular weight excluding hydrogens is 196 g/mol. The minimum Gasteiger partial charge on any atom is -0.368 e. The van der Waals surface area contributed by atoms with Crippen LogP contribution in [-0.4, -0.2) is 19.6 Å². The minimum atomic E-state index is 0.621. The van der Waals surface area contributed by atoms with Gasteiger partial charge in [-0.2, -0.15) is 0 Å². The average Bonchev–Trinajstić information content (AvgIpc) is 2.35. The van der Waals surface area contributed by atoms with Gasteiger partial charge in [0.2, 0.25) is 0 Å². The summed E-state index contributed by atoms with van der Waals surface area (Å²) >= 11 is 0. The summed E-state index contributed by atoms with van der Waals surface area (Å²) in [6.45, 7) is 4.89. The molecule has 0 unspecified atom stereocenters. The molecule has 0 aliphatic carbocycles. The number of hydrogen-bond donors (Lipinski definition) is 1. The van der Waals surface area contributed by atoms with Crippen molar-refractivity contribution in [2.45, 2.75) is 19.8 Å². The highest BCUT2D eigenvalue weighted by Crippen LogP contribution is 2.13. The first kappa shape index (κ1) is 12.8. The van der Waals surface area contributed by atoms with E-state index in [-0.39, 0.29) is 0 Å². The van der Waals surface area contributed by atoms with Crippen LogP contribution in [0, 0.1) is 0 Å². The molecule has 0 saturated carbocycles. The SMILES string of the molecule is CCCCN(CC=CCN)c1ccccc1. The molecule has 1 rings (SSSR count). The first-order chi connectivity index (χ1) is 7.88. The molecule has 0 radical (unpaired) electrons. The molecule has 2 N–H and O–H groups in total. The predicted octanol–water partition coefficient (Wildman–Crippen LogP) is 2.81. The third-order valence-corrected chi connectivity index (χ3v) is 2.53. The Labute approximate surface area is 98.8 Å². The minimum absolute atomic E-state index is 0.621. The predicted molar refractivity (Wildman–Crippen MR) is 71.8 cm³/mol. The molecule has 88 valence electrons. The summed E-state index contributed by atoms with van der Waals surface area (Å²) in [5, 5.41) is 0. The van der Waals surface area contributed by atoms with E-state index in [0.717, 1.165) is 13.1 Å². The Hall–Kier alpha value is -1.28. The molecule has 0 atom stereocenters. The van der Waals surface area contributed by atoms with Gasteiger partial charge in [0.05, 0.1) is 0 Å². The number of nitrogens with two attached hydrogens (primary N) is 1. The molecule has 0 spiro atoms. The maximum absolute atomic E-state index is 5.45. The summed E-state index contributed by atoms with van der Waals surface area (Å²) in [6.07, 6.45) is 6.61. The lowest BCUT2D eigenvalue weighted by molar-refractivity contribution is 0.746. The van der Waals surface area contributed by atoms with Crippen LogP contribution < -0.4 is 10.6 Å². The number of unbranched alkanes of at least 4 members (excludes halogenated alkanes) is 1. The first-order valence-electron chi connectivity index (χ1n) is 6.03. The van der Waals surface area contributed by atoms with E-state index in [0.29, 0.717) is 6.54 Å². The van der Waals surface area contributed by atoms with Gasteiger partial charge in [-0.15, -0.1) is 0 Å². The van der Waals surface area contributed by atoms with E-state index in [4.69, 9.17) is 5.73 Å². The zero-order valence-corrected chi connectivity index (χ0v) is 10.1. The lowest BCUT2D eigenvalue weighted by Crippen LogP contribution is -2.24. The second-order valence-corrected chi connectivity index (χ2v) is 3.84. The summed E-state index contributed by atoms with van der Waals surface area (Å²) in [4.78, 5) is 2.38. The Kier molecular flexibility index (Phi) is 6.35. The van der Waals surface area contributed by atoms with E-state index in [9.17, 15) is 0 Å². The fraction of sp³-hybridized carbons (Fsp3) is 0.429. The molecule has 0 saturated heterocycles. The molecule has 0 aliphatic heterocycles. The fourth-order valence-corrected chi connectivity index (χ4v) is 1.61. The maximum atomic E-state index is 5.45. The van der Waals surface area contributed by atoms with Crippen molar-refractivity contribution in [1.29, 1.82) is 0 Å². The van der Waals surface area contributed by atoms with E-state index in [1.165, 1.54) is 18.5 Å². The van der Waals surface area contributed by atoms with Crippen molar-refractivity contribution in [1.82, 2.24) is 0 Å². The topological polar surface area (TPSA) is 29.3 Å². The van der Waals surface area contributed by atoms with Gasteiger partial charge in [0.1, 0.15) is 0 Å². The quantitative estimate of drug-likeness (QED) is 0.713. The van der Waals surface area contributed by atoms with Crippen LogP contribution in [0.5, 0.6) is 0 Å². The monoisotopic (exact) mass is 218 g/mol. The van der Waals surface area contributed by atoms with Crippen LogP contribution in [0.1, 0.15) is 19.8 Å². The molecule has 2 heteroatoms. The van der Waals surface area contributed by atoms with Crippen LogP contribution in [0.4, 0.5) is 5.69 Å². The maximum Gasteiger partial charge on any atom is 0.0369 e. The summed E-state index contributed by atoms with van der Waals surface area (Å²) in [6, 6.07) is 10.5. The van der Waals surface area contributed by atoms with Crippen molar-refractivity contribution < 1.29 is 0 Å². The van der Waals surface area contributed by atoms with Crippen molar-refractivity contribution in [2.24, 2.45) is 5.73 Å². The molecule has 0 amide bonds. The van der Waals surface area contributed by atoms with Gasteiger partial charge in [-0.3, -0.25) is 0 Å². The van der Waals surface area contributed by atoms with Gasteiger partial charge in [0.25, 0.3) is 0 Å². The highest BCUT2D eigenvalue weighted by molar-refractivity contribution is 5.46. The Balaban J connectivity index is 2.59. The third-order valence-electron chi connectivity index (χ3n) is 2.53. The van der Waals surface area contributed by atoms with E-state index < -0.39 is 0 Å². The highest BCUT2D eigenvalue weighted by atomic mass is 15.1. The van der Waals surface area contributed by atoms with Crippen LogP contribution in [0.2, 0.25) is 0 Å². The van der Waals surface area contributed by atoms with E-state index >= 15 is 0 Å². The lowest BCUT2D eigenvalue weighted by Gasteiger charge is -2.23. The second-order valence-electron chi connectivity index (χ2n) is 3.84. The van der Waals surface area contributed by atoms with Crippen molar-refractivity contribution in [3.8, 4) is 0 Å². The first-order valence-corrected chi connectivity index (χ1v) is 6.03. The molecule has 2 nitrogen and oxygen atoms in total. The van der Waals surface area contributed by atoms with Crippen molar-refractivity contribution >= 4 is 5.69 Å². The number of rotatable bonds is 7. The molecule has 0 bridgehead atoms. The third kappa shape index (κ3) is 4.49. The van der Waals surface area contributed by atoms with Gasteiger partial charge in [-0.1, -0.05) is 43.7 Å². The van der Waals surface area contributed by atoms with Gasteiger partial charge >= 0.3 is 0 Å². The summed E-state index contributed by atoms with van der Waals surface area (Å²) in [7, 11) is 0. The standard InChI is InChI=1S/C14H22N2/c1-2-3-12-16(13-8-7-11-15)14-9-5-4-6-10-14/h4-10H,2-3,11-13,15H2,1H3. The zero-order valence-electron chi connectivity index (χ0n) is 10.1. The van der Waals surface area contributed by atoms with Gasteiger partial charge in [0, 0.05) is 25.3 Å². The Bertz CT molecular complexity index is 293. The lowest BCUT2D eigenvalue weighted by atomic mass is 10.2. The van der Waals surface area contributed by atoms with Gasteiger partial charge in [-0.05, 0) is 18.6 Å². The van der Waals surface area contributed by atoms with Crippen LogP contribution in [0.25, 0.3) is 0 Å². The fourth-order valence-electron chi connectivity index (χ4n) is 1.61. The largest absolute Gasteiger partial charge is 0.368 e. The van der Waals surface area contributed by atoms with Crippen molar-refractivity contribution in [3.63, 3.8) is 0 Å². The molecule has 0 fully saturated rings. The number of benzene rings is 1. The second kappa shape index (κ2) is 7.94. The Morgan fingerprint density at radius 3 is 2.56 bits per heavy atom. The normalized spacial score (nSPS) is 10.9. The van der Waals surface area contributed by atoms with Gasteiger partial charge in [-0.25, -0.2) is 0 Å². The van der Waals surface area contributed by atoms with Gasteiger partial charge in [0.15, 0.2) is 0 Å². The average molecular weight is 218 g/mol. The van der Waals surface area contributed by atoms with E-state index in [1.54, 1.807) is 0 Å². The summed E-state index contributed by atoms with van der Waals surface area (Å²) in [5.74, 6) is 0. The van der Waals surface area contributed by atoms with E-state index in [2.05, 4.69) is 48.2 Å². The van der Waals surface area contributed by atoms with Gasteiger partial charge < -0.3 is 10.6 Å². The number of anilines is 1. The Morgan fingerprint density at radius 1 is 1.19 bits per heavy atom. The smallest absolute Gasteiger partial charge is 0.0369 e. The van der Waals surface area contributed by atoms with Crippen molar-refractivity contribution in [3.05, 3.63) is 42.5 Å². The number of hydrogen-bond acceptors (Lipinski definition) is 2. The number of nitrogens with zero attached hydrogens (tertiary/aromatic N) is 1. The Morgan fingerprint density at radius 2 is 1.94 bits per heavy atom. The van der Waals surface area contributed by atoms with Crippen LogP contribution in [0.15, 0.2) is 42.5 Å². The molecule has 1 aromatic carbocycles. The molecule has 0 aliphatic rings. The van der Waals surface area contributed by atoms with Crippen molar-refractivity contribution in [2.75, 3.05) is 24.5 Å². The van der Waals surface area contributed by atoms with Crippen LogP contribution >= 0.6 is 0 Å². The summed E-state index contributed by atoms with van der Waals surface area (Å²) in [5.41, 5.74) is 6.74. The highest BCUT2D eigenvalue weighted by Gasteiger charge is 2.02.